The number of nitrogens with zero attached hydrogens (tertiary/aromatic N) is 3. The number of anilines is 2. The summed E-state index contributed by atoms with van der Waals surface area (Å²) < 4.78 is 5.35. The molecule has 0 saturated carbocycles. The van der Waals surface area contributed by atoms with Gasteiger partial charge in [0.2, 0.25) is 5.95 Å². The molecular weight excluding hydrogens is 364 g/mol. The number of amides is 1. The van der Waals surface area contributed by atoms with Gasteiger partial charge in [0.25, 0.3) is 5.91 Å². The topological polar surface area (TPSA) is 67.3 Å². The third-order valence-corrected chi connectivity index (χ3v) is 5.06. The Morgan fingerprint density at radius 3 is 2.79 bits per heavy atom. The molecule has 0 fully saturated rings. The fourth-order valence-corrected chi connectivity index (χ4v) is 3.65. The van der Waals surface area contributed by atoms with E-state index in [1.54, 1.807) is 13.2 Å². The van der Waals surface area contributed by atoms with Crippen molar-refractivity contribution in [3.8, 4) is 5.75 Å². The van der Waals surface area contributed by atoms with Crippen LogP contribution in [0.3, 0.4) is 0 Å². The van der Waals surface area contributed by atoms with Crippen LogP contribution in [0.5, 0.6) is 5.75 Å². The number of hydrogen-bond acceptors (Lipinski definition) is 5. The first-order valence-electron chi connectivity index (χ1n) is 9.77. The van der Waals surface area contributed by atoms with Gasteiger partial charge in [-0.05, 0) is 43.5 Å². The van der Waals surface area contributed by atoms with Gasteiger partial charge in [-0.2, -0.15) is 0 Å². The number of methoxy groups -OCH3 is 1. The van der Waals surface area contributed by atoms with Crippen molar-refractivity contribution in [3.63, 3.8) is 0 Å². The van der Waals surface area contributed by atoms with E-state index in [4.69, 9.17) is 4.74 Å². The lowest BCUT2D eigenvalue weighted by Crippen LogP contribution is -2.29. The van der Waals surface area contributed by atoms with E-state index in [2.05, 4.69) is 38.4 Å². The van der Waals surface area contributed by atoms with Crippen LogP contribution >= 0.6 is 0 Å². The van der Waals surface area contributed by atoms with E-state index < -0.39 is 0 Å². The van der Waals surface area contributed by atoms with Crippen molar-refractivity contribution in [2.75, 3.05) is 18.6 Å². The highest BCUT2D eigenvalue weighted by molar-refractivity contribution is 5.92. The zero-order chi connectivity index (χ0) is 20.2. The van der Waals surface area contributed by atoms with Crippen LogP contribution < -0.4 is 15.0 Å². The third-order valence-electron chi connectivity index (χ3n) is 5.06. The minimum absolute atomic E-state index is 0.229. The van der Waals surface area contributed by atoms with Crippen molar-refractivity contribution < 1.29 is 9.53 Å². The molecule has 6 nitrogen and oxygen atoms in total. The van der Waals surface area contributed by atoms with Gasteiger partial charge in [-0.3, -0.25) is 4.79 Å². The highest BCUT2D eigenvalue weighted by Crippen LogP contribution is 2.31. The molecule has 2 aromatic carbocycles. The molecule has 4 rings (SSSR count). The standard InChI is InChI=1S/C23H24N4O2/c1-16-14-19(22(28)24-15-18-9-4-6-12-21(18)29-2)26-23(25-16)27-13-7-10-17-8-3-5-11-20(17)27/h3-6,8-9,11-12,14H,7,10,13,15H2,1-2H3,(H,24,28). The number of benzene rings is 2. The van der Waals surface area contributed by atoms with Gasteiger partial charge in [-0.25, -0.2) is 9.97 Å². The Morgan fingerprint density at radius 2 is 1.93 bits per heavy atom. The Hall–Kier alpha value is -3.41. The summed E-state index contributed by atoms with van der Waals surface area (Å²) in [4.78, 5) is 24.1. The number of aryl methyl sites for hydroxylation is 2. The molecule has 6 heteroatoms. The molecule has 0 radical (unpaired) electrons. The summed E-state index contributed by atoms with van der Waals surface area (Å²) in [5.74, 6) is 1.09. The van der Waals surface area contributed by atoms with Gasteiger partial charge in [0.1, 0.15) is 11.4 Å². The Balaban J connectivity index is 1.57. The van der Waals surface area contributed by atoms with Gasteiger partial charge in [0.05, 0.1) is 7.11 Å². The van der Waals surface area contributed by atoms with Crippen LogP contribution in [-0.4, -0.2) is 29.5 Å². The zero-order valence-electron chi connectivity index (χ0n) is 16.7. The van der Waals surface area contributed by atoms with E-state index in [-0.39, 0.29) is 5.91 Å². The second-order valence-corrected chi connectivity index (χ2v) is 7.07. The minimum Gasteiger partial charge on any atom is -0.496 e. The van der Waals surface area contributed by atoms with E-state index in [1.165, 1.54) is 5.56 Å². The lowest BCUT2D eigenvalue weighted by Gasteiger charge is -2.29. The number of hydrogen-bond donors (Lipinski definition) is 1. The number of fused-ring (bicyclic) bond motifs is 1. The smallest absolute Gasteiger partial charge is 0.270 e. The van der Waals surface area contributed by atoms with Crippen molar-refractivity contribution in [2.24, 2.45) is 0 Å². The molecule has 1 amide bonds. The van der Waals surface area contributed by atoms with E-state index in [0.717, 1.165) is 42.1 Å². The molecular formula is C23H24N4O2. The zero-order valence-corrected chi connectivity index (χ0v) is 16.7. The highest BCUT2D eigenvalue weighted by Gasteiger charge is 2.21. The molecule has 1 N–H and O–H groups in total. The summed E-state index contributed by atoms with van der Waals surface area (Å²) in [5.41, 5.74) is 4.45. The SMILES string of the molecule is COc1ccccc1CNC(=O)c1cc(C)nc(N2CCCc3ccccc32)n1. The second kappa shape index (κ2) is 8.31. The average Bonchev–Trinajstić information content (AvgIpc) is 2.76. The number of rotatable bonds is 5. The van der Waals surface area contributed by atoms with Crippen molar-refractivity contribution in [2.45, 2.75) is 26.3 Å². The molecule has 2 heterocycles. The van der Waals surface area contributed by atoms with E-state index in [0.29, 0.717) is 18.2 Å². The number of aromatic nitrogens is 2. The fourth-order valence-electron chi connectivity index (χ4n) is 3.65. The first kappa shape index (κ1) is 18.9. The summed E-state index contributed by atoms with van der Waals surface area (Å²) in [5, 5.41) is 2.94. The number of nitrogens with one attached hydrogen (secondary N) is 1. The van der Waals surface area contributed by atoms with Crippen molar-refractivity contribution >= 4 is 17.5 Å². The lowest BCUT2D eigenvalue weighted by atomic mass is 10.0. The van der Waals surface area contributed by atoms with Crippen molar-refractivity contribution in [1.29, 1.82) is 0 Å². The van der Waals surface area contributed by atoms with Crippen LogP contribution in [0.25, 0.3) is 0 Å². The Labute approximate surface area is 170 Å². The first-order chi connectivity index (χ1) is 14.2. The molecule has 1 aliphatic heterocycles. The molecule has 0 atom stereocenters. The summed E-state index contributed by atoms with van der Waals surface area (Å²) in [6.45, 7) is 3.09. The fraction of sp³-hybridized carbons (Fsp3) is 0.261. The van der Waals surface area contributed by atoms with Gasteiger partial charge >= 0.3 is 0 Å². The second-order valence-electron chi connectivity index (χ2n) is 7.07. The summed E-state index contributed by atoms with van der Waals surface area (Å²) in [7, 11) is 1.62. The van der Waals surface area contributed by atoms with Crippen LogP contribution in [0.4, 0.5) is 11.6 Å². The Kier molecular flexibility index (Phi) is 5.42. The molecule has 148 valence electrons. The number of carbonyl (C=O) groups is 1. The highest BCUT2D eigenvalue weighted by atomic mass is 16.5. The van der Waals surface area contributed by atoms with Gasteiger partial charge in [-0.1, -0.05) is 36.4 Å². The van der Waals surface area contributed by atoms with E-state index in [1.807, 2.05) is 37.3 Å². The number of para-hydroxylation sites is 2. The molecule has 29 heavy (non-hydrogen) atoms. The van der Waals surface area contributed by atoms with Gasteiger partial charge in [0, 0.05) is 30.0 Å². The monoisotopic (exact) mass is 388 g/mol. The Morgan fingerprint density at radius 1 is 1.14 bits per heavy atom. The molecule has 0 saturated heterocycles. The summed E-state index contributed by atoms with van der Waals surface area (Å²) in [6.07, 6.45) is 2.08. The van der Waals surface area contributed by atoms with Gasteiger partial charge < -0.3 is 15.0 Å². The maximum absolute atomic E-state index is 12.8. The molecule has 1 aliphatic rings. The Bertz CT molecular complexity index is 1030. The van der Waals surface area contributed by atoms with Crippen molar-refractivity contribution in [1.82, 2.24) is 15.3 Å². The minimum atomic E-state index is -0.229. The molecule has 0 unspecified atom stereocenters. The molecule has 1 aromatic heterocycles. The maximum Gasteiger partial charge on any atom is 0.270 e. The van der Waals surface area contributed by atoms with Crippen LogP contribution in [-0.2, 0) is 13.0 Å². The number of carbonyl (C=O) groups excluding carboxylic acids is 1. The van der Waals surface area contributed by atoms with Crippen molar-refractivity contribution in [3.05, 3.63) is 77.1 Å². The predicted molar refractivity (Wildman–Crippen MR) is 113 cm³/mol. The normalized spacial score (nSPS) is 13.0. The van der Waals surface area contributed by atoms with Crippen LogP contribution in [0.2, 0.25) is 0 Å². The quantitative estimate of drug-likeness (QED) is 0.720. The first-order valence-corrected chi connectivity index (χ1v) is 9.77. The lowest BCUT2D eigenvalue weighted by molar-refractivity contribution is 0.0945. The summed E-state index contributed by atoms with van der Waals surface area (Å²) >= 11 is 0. The van der Waals surface area contributed by atoms with E-state index in [9.17, 15) is 4.79 Å². The predicted octanol–water partition coefficient (Wildman–Crippen LogP) is 3.81. The summed E-state index contributed by atoms with van der Waals surface area (Å²) in [6, 6.07) is 17.6. The maximum atomic E-state index is 12.8. The van der Waals surface area contributed by atoms with E-state index >= 15 is 0 Å². The molecule has 0 aliphatic carbocycles. The van der Waals surface area contributed by atoms with Crippen LogP contribution in [0, 0.1) is 6.92 Å². The van der Waals surface area contributed by atoms with Crippen LogP contribution in [0.15, 0.2) is 54.6 Å². The van der Waals surface area contributed by atoms with Crippen LogP contribution in [0.1, 0.15) is 33.7 Å². The molecule has 0 spiro atoms. The third kappa shape index (κ3) is 4.06. The molecule has 0 bridgehead atoms. The largest absolute Gasteiger partial charge is 0.496 e. The average molecular weight is 388 g/mol. The van der Waals surface area contributed by atoms with Gasteiger partial charge in [-0.15, -0.1) is 0 Å². The number of ether oxygens (including phenoxy) is 1. The van der Waals surface area contributed by atoms with Gasteiger partial charge in [0.15, 0.2) is 0 Å². The molecule has 3 aromatic rings.